The van der Waals surface area contributed by atoms with Crippen LogP contribution in [0.5, 0.6) is 0 Å². The number of hydrogen-bond donors (Lipinski definition) is 1. The second kappa shape index (κ2) is 5.62. The molecular weight excluding hydrogens is 222 g/mol. The summed E-state index contributed by atoms with van der Waals surface area (Å²) in [5, 5.41) is 3.94. The maximum atomic E-state index is 5.81. The molecule has 0 spiro atoms. The molecule has 2 rings (SSSR count). The monoisotopic (exact) mass is 239 g/mol. The Labute approximate surface area is 102 Å². The summed E-state index contributed by atoms with van der Waals surface area (Å²) in [4.78, 5) is 6.68. The van der Waals surface area contributed by atoms with Crippen molar-refractivity contribution in [3.05, 3.63) is 29.0 Å². The molecule has 0 amide bonds. The van der Waals surface area contributed by atoms with Crippen molar-refractivity contribution in [1.29, 1.82) is 0 Å². The van der Waals surface area contributed by atoms with Crippen molar-refractivity contribution in [3.8, 4) is 0 Å². The lowest BCUT2D eigenvalue weighted by Crippen LogP contribution is -2.45. The van der Waals surface area contributed by atoms with Gasteiger partial charge in [0.25, 0.3) is 0 Å². The van der Waals surface area contributed by atoms with Gasteiger partial charge in [-0.25, -0.2) is 4.98 Å². The average Bonchev–Trinajstić information content (AvgIpc) is 2.34. The molecule has 1 aliphatic heterocycles. The third-order valence-electron chi connectivity index (χ3n) is 3.11. The minimum atomic E-state index is 0.479. The number of rotatable bonds is 3. The third kappa shape index (κ3) is 2.73. The van der Waals surface area contributed by atoms with Crippen LogP contribution in [0.3, 0.4) is 0 Å². The van der Waals surface area contributed by atoms with Crippen molar-refractivity contribution in [2.75, 3.05) is 26.2 Å². The molecule has 1 fully saturated rings. The molecular formula is C12H18ClN3. The number of halogens is 1. The first-order chi connectivity index (χ1) is 7.81. The zero-order chi connectivity index (χ0) is 11.4. The molecule has 0 unspecified atom stereocenters. The van der Waals surface area contributed by atoms with Crippen LogP contribution in [0, 0.1) is 0 Å². The minimum absolute atomic E-state index is 0.479. The molecule has 1 N–H and O–H groups in total. The number of nitrogens with zero attached hydrogens (tertiary/aromatic N) is 2. The van der Waals surface area contributed by atoms with Crippen molar-refractivity contribution >= 4 is 11.6 Å². The number of nitrogens with one attached hydrogen (secondary N) is 1. The smallest absolute Gasteiger partial charge is 0.129 e. The quantitative estimate of drug-likeness (QED) is 0.819. The normalized spacial score (nSPS) is 19.6. The van der Waals surface area contributed by atoms with Crippen molar-refractivity contribution in [2.45, 2.75) is 19.4 Å². The van der Waals surface area contributed by atoms with E-state index in [-0.39, 0.29) is 0 Å². The summed E-state index contributed by atoms with van der Waals surface area (Å²) in [5.74, 6) is 0. The maximum Gasteiger partial charge on any atom is 0.129 e. The number of piperazine rings is 1. The highest BCUT2D eigenvalue weighted by molar-refractivity contribution is 6.29. The third-order valence-corrected chi connectivity index (χ3v) is 3.34. The van der Waals surface area contributed by atoms with Crippen LogP contribution in [0.25, 0.3) is 0 Å². The van der Waals surface area contributed by atoms with E-state index in [0.717, 1.165) is 32.6 Å². The van der Waals surface area contributed by atoms with Crippen LogP contribution in [0.2, 0.25) is 5.15 Å². The first-order valence-electron chi connectivity index (χ1n) is 5.87. The molecule has 0 saturated carbocycles. The topological polar surface area (TPSA) is 28.2 Å². The highest BCUT2D eigenvalue weighted by Crippen LogP contribution is 2.24. The molecule has 1 aromatic rings. The minimum Gasteiger partial charge on any atom is -0.314 e. The van der Waals surface area contributed by atoms with E-state index in [0.29, 0.717) is 11.2 Å². The Balaban J connectivity index is 2.11. The number of aromatic nitrogens is 1. The lowest BCUT2D eigenvalue weighted by atomic mass is 10.0. The summed E-state index contributed by atoms with van der Waals surface area (Å²) < 4.78 is 0. The number of pyridine rings is 1. The Morgan fingerprint density at radius 1 is 1.44 bits per heavy atom. The molecule has 88 valence electrons. The predicted octanol–water partition coefficient (Wildman–Crippen LogP) is 2.09. The van der Waals surface area contributed by atoms with Gasteiger partial charge in [0.2, 0.25) is 0 Å². The molecule has 2 heterocycles. The molecule has 1 atom stereocenters. The van der Waals surface area contributed by atoms with Crippen LogP contribution < -0.4 is 5.32 Å². The van der Waals surface area contributed by atoms with Crippen molar-refractivity contribution in [1.82, 2.24) is 15.2 Å². The van der Waals surface area contributed by atoms with Crippen LogP contribution in [0.4, 0.5) is 0 Å². The lowest BCUT2D eigenvalue weighted by molar-refractivity contribution is 0.169. The summed E-state index contributed by atoms with van der Waals surface area (Å²) in [5.41, 5.74) is 1.27. The Hall–Kier alpha value is -0.640. The summed E-state index contributed by atoms with van der Waals surface area (Å²) >= 11 is 5.81. The van der Waals surface area contributed by atoms with Gasteiger partial charge < -0.3 is 5.32 Å². The van der Waals surface area contributed by atoms with Gasteiger partial charge in [-0.1, -0.05) is 24.6 Å². The molecule has 16 heavy (non-hydrogen) atoms. The van der Waals surface area contributed by atoms with E-state index in [9.17, 15) is 0 Å². The van der Waals surface area contributed by atoms with Gasteiger partial charge >= 0.3 is 0 Å². The second-order valence-corrected chi connectivity index (χ2v) is 4.51. The fourth-order valence-corrected chi connectivity index (χ4v) is 2.39. The maximum absolute atomic E-state index is 5.81. The van der Waals surface area contributed by atoms with Crippen LogP contribution in [-0.2, 0) is 0 Å². The molecule has 0 aromatic carbocycles. The van der Waals surface area contributed by atoms with E-state index >= 15 is 0 Å². The first kappa shape index (κ1) is 11.8. The van der Waals surface area contributed by atoms with Gasteiger partial charge in [-0.05, 0) is 18.1 Å². The Bertz CT molecular complexity index is 320. The van der Waals surface area contributed by atoms with Gasteiger partial charge in [-0.2, -0.15) is 0 Å². The molecule has 4 heteroatoms. The molecule has 1 saturated heterocycles. The van der Waals surface area contributed by atoms with Gasteiger partial charge in [-0.15, -0.1) is 0 Å². The van der Waals surface area contributed by atoms with E-state index in [1.54, 1.807) is 0 Å². The SMILES string of the molecule is CC[C@@H](c1ccc(Cl)nc1)N1CCNCC1. The van der Waals surface area contributed by atoms with Gasteiger partial charge in [0, 0.05) is 38.4 Å². The summed E-state index contributed by atoms with van der Waals surface area (Å²) in [6.07, 6.45) is 3.02. The molecule has 0 bridgehead atoms. The van der Waals surface area contributed by atoms with Gasteiger partial charge in [0.05, 0.1) is 0 Å². The van der Waals surface area contributed by atoms with Crippen LogP contribution >= 0.6 is 11.6 Å². The fraction of sp³-hybridized carbons (Fsp3) is 0.583. The van der Waals surface area contributed by atoms with Crippen molar-refractivity contribution < 1.29 is 0 Å². The largest absolute Gasteiger partial charge is 0.314 e. The zero-order valence-corrected chi connectivity index (χ0v) is 10.4. The molecule has 1 aromatic heterocycles. The predicted molar refractivity (Wildman–Crippen MR) is 66.7 cm³/mol. The standard InChI is InChI=1S/C12H18ClN3/c1-2-11(16-7-5-14-6-8-16)10-3-4-12(13)15-9-10/h3-4,9,11,14H,2,5-8H2,1H3/t11-/m0/s1. The van der Waals surface area contributed by atoms with E-state index in [1.165, 1.54) is 5.56 Å². The van der Waals surface area contributed by atoms with Crippen LogP contribution in [-0.4, -0.2) is 36.1 Å². The number of hydrogen-bond acceptors (Lipinski definition) is 3. The van der Waals surface area contributed by atoms with Crippen molar-refractivity contribution in [2.24, 2.45) is 0 Å². The Morgan fingerprint density at radius 3 is 2.75 bits per heavy atom. The van der Waals surface area contributed by atoms with Gasteiger partial charge in [-0.3, -0.25) is 4.90 Å². The molecule has 0 aliphatic carbocycles. The first-order valence-corrected chi connectivity index (χ1v) is 6.25. The van der Waals surface area contributed by atoms with E-state index in [4.69, 9.17) is 11.6 Å². The van der Waals surface area contributed by atoms with E-state index < -0.39 is 0 Å². The average molecular weight is 240 g/mol. The molecule has 0 radical (unpaired) electrons. The second-order valence-electron chi connectivity index (χ2n) is 4.12. The molecule has 1 aliphatic rings. The van der Waals surface area contributed by atoms with E-state index in [2.05, 4.69) is 28.2 Å². The zero-order valence-electron chi connectivity index (χ0n) is 9.62. The van der Waals surface area contributed by atoms with Crippen LogP contribution in [0.15, 0.2) is 18.3 Å². The highest BCUT2D eigenvalue weighted by Gasteiger charge is 2.20. The summed E-state index contributed by atoms with van der Waals surface area (Å²) in [7, 11) is 0. The fourth-order valence-electron chi connectivity index (χ4n) is 2.28. The Kier molecular flexibility index (Phi) is 4.16. The van der Waals surface area contributed by atoms with Crippen LogP contribution in [0.1, 0.15) is 24.9 Å². The lowest BCUT2D eigenvalue weighted by Gasteiger charge is -2.34. The van der Waals surface area contributed by atoms with Crippen molar-refractivity contribution in [3.63, 3.8) is 0 Å². The Morgan fingerprint density at radius 2 is 2.19 bits per heavy atom. The van der Waals surface area contributed by atoms with Gasteiger partial charge in [0.1, 0.15) is 5.15 Å². The van der Waals surface area contributed by atoms with E-state index in [1.807, 2.05) is 12.3 Å². The van der Waals surface area contributed by atoms with Gasteiger partial charge in [0.15, 0.2) is 0 Å². The summed E-state index contributed by atoms with van der Waals surface area (Å²) in [6.45, 7) is 6.61. The molecule has 3 nitrogen and oxygen atoms in total. The highest BCUT2D eigenvalue weighted by atomic mass is 35.5. The summed E-state index contributed by atoms with van der Waals surface area (Å²) in [6, 6.07) is 4.44.